The molecule has 0 saturated heterocycles. The van der Waals surface area contributed by atoms with Crippen molar-refractivity contribution in [2.24, 2.45) is 0 Å². The zero-order valence-corrected chi connectivity index (χ0v) is 18.7. The topological polar surface area (TPSA) is 90.4 Å². The number of hydrogen-bond donors (Lipinski definition) is 1. The molecule has 0 bridgehead atoms. The molecule has 2 heterocycles. The van der Waals surface area contributed by atoms with E-state index in [-0.39, 0.29) is 18.9 Å². The van der Waals surface area contributed by atoms with E-state index in [9.17, 15) is 9.59 Å². The van der Waals surface area contributed by atoms with Crippen molar-refractivity contribution < 1.29 is 19.1 Å². The number of nitrogens with one attached hydrogen (secondary N) is 1. The maximum Gasteiger partial charge on any atom is 0.342 e. The van der Waals surface area contributed by atoms with E-state index in [0.29, 0.717) is 27.8 Å². The first-order valence-corrected chi connectivity index (χ1v) is 11.1. The maximum absolute atomic E-state index is 12.6. The number of para-hydroxylation sites is 2. The van der Waals surface area contributed by atoms with Gasteiger partial charge in [-0.15, -0.1) is 11.3 Å². The standard InChI is InChI=1S/C25H21N3O4S/c1-17-7-2-4-10-21(17)28-23(29)13-24-27-18(16-33-24)15-31-25(30)20-9-3-5-11-22(20)32-19-8-6-12-26-14-19/h2-12,14,16H,13,15H2,1H3,(H,28,29). The highest BCUT2D eigenvalue weighted by Crippen LogP contribution is 2.25. The van der Waals surface area contributed by atoms with Crippen LogP contribution in [0.3, 0.4) is 0 Å². The number of pyridine rings is 1. The fraction of sp³-hybridized carbons (Fsp3) is 0.120. The van der Waals surface area contributed by atoms with Crippen LogP contribution in [0.1, 0.15) is 26.6 Å². The van der Waals surface area contributed by atoms with Crippen molar-refractivity contribution in [2.75, 3.05) is 5.32 Å². The van der Waals surface area contributed by atoms with E-state index in [4.69, 9.17) is 9.47 Å². The van der Waals surface area contributed by atoms with Gasteiger partial charge in [-0.2, -0.15) is 0 Å². The normalized spacial score (nSPS) is 10.5. The summed E-state index contributed by atoms with van der Waals surface area (Å²) in [7, 11) is 0. The van der Waals surface area contributed by atoms with Crippen LogP contribution in [0.4, 0.5) is 5.69 Å². The molecule has 0 aliphatic carbocycles. The molecule has 166 valence electrons. The molecule has 2 aromatic heterocycles. The van der Waals surface area contributed by atoms with Gasteiger partial charge in [0.1, 0.15) is 28.7 Å². The van der Waals surface area contributed by atoms with Gasteiger partial charge in [-0.25, -0.2) is 9.78 Å². The van der Waals surface area contributed by atoms with E-state index in [1.165, 1.54) is 11.3 Å². The minimum Gasteiger partial charge on any atom is -0.455 e. The third-order valence-corrected chi connectivity index (χ3v) is 5.55. The van der Waals surface area contributed by atoms with Crippen molar-refractivity contribution in [2.45, 2.75) is 20.0 Å². The van der Waals surface area contributed by atoms with Crippen molar-refractivity contribution in [1.29, 1.82) is 0 Å². The van der Waals surface area contributed by atoms with Gasteiger partial charge >= 0.3 is 5.97 Å². The highest BCUT2D eigenvalue weighted by molar-refractivity contribution is 7.09. The number of anilines is 1. The Morgan fingerprint density at radius 2 is 1.85 bits per heavy atom. The van der Waals surface area contributed by atoms with Crippen molar-refractivity contribution in [3.05, 3.63) is 100 Å². The number of thiazole rings is 1. The molecular formula is C25H21N3O4S. The van der Waals surface area contributed by atoms with Gasteiger partial charge in [-0.3, -0.25) is 9.78 Å². The van der Waals surface area contributed by atoms with Gasteiger partial charge in [0.05, 0.1) is 18.3 Å². The molecule has 0 atom stereocenters. The molecular weight excluding hydrogens is 438 g/mol. The van der Waals surface area contributed by atoms with Gasteiger partial charge in [-0.1, -0.05) is 30.3 Å². The van der Waals surface area contributed by atoms with Gasteiger partial charge in [0.15, 0.2) is 0 Å². The van der Waals surface area contributed by atoms with Crippen LogP contribution in [0.25, 0.3) is 0 Å². The van der Waals surface area contributed by atoms with Crippen LogP contribution in [-0.4, -0.2) is 21.8 Å². The van der Waals surface area contributed by atoms with Crippen molar-refractivity contribution >= 4 is 28.9 Å². The largest absolute Gasteiger partial charge is 0.455 e. The Morgan fingerprint density at radius 1 is 1.03 bits per heavy atom. The van der Waals surface area contributed by atoms with Gasteiger partial charge in [0.2, 0.25) is 5.91 Å². The molecule has 7 nitrogen and oxygen atoms in total. The molecule has 1 N–H and O–H groups in total. The summed E-state index contributed by atoms with van der Waals surface area (Å²) in [4.78, 5) is 33.4. The van der Waals surface area contributed by atoms with Crippen LogP contribution in [0.5, 0.6) is 11.5 Å². The SMILES string of the molecule is Cc1ccccc1NC(=O)Cc1nc(COC(=O)c2ccccc2Oc2cccnc2)cs1. The second-order valence-electron chi connectivity index (χ2n) is 7.14. The second kappa shape index (κ2) is 10.5. The number of carbonyl (C=O) groups is 2. The minimum atomic E-state index is -0.527. The van der Waals surface area contributed by atoms with Gasteiger partial charge < -0.3 is 14.8 Å². The second-order valence-corrected chi connectivity index (χ2v) is 8.08. The Morgan fingerprint density at radius 3 is 2.67 bits per heavy atom. The lowest BCUT2D eigenvalue weighted by atomic mass is 10.2. The first-order chi connectivity index (χ1) is 16.1. The predicted octanol–water partition coefficient (Wildman–Crippen LogP) is 5.18. The summed E-state index contributed by atoms with van der Waals surface area (Å²) >= 11 is 1.35. The smallest absolute Gasteiger partial charge is 0.342 e. The highest BCUT2D eigenvalue weighted by Gasteiger charge is 2.16. The number of esters is 1. The number of nitrogens with zero attached hydrogens (tertiary/aromatic N) is 2. The Bertz CT molecular complexity index is 1260. The Hall–Kier alpha value is -4.04. The number of ether oxygens (including phenoxy) is 2. The van der Waals surface area contributed by atoms with Crippen LogP contribution in [0.15, 0.2) is 78.4 Å². The predicted molar refractivity (Wildman–Crippen MR) is 125 cm³/mol. The molecule has 0 fully saturated rings. The number of carbonyl (C=O) groups excluding carboxylic acids is 2. The number of aromatic nitrogens is 2. The van der Waals surface area contributed by atoms with Gasteiger partial charge in [0.25, 0.3) is 0 Å². The number of benzene rings is 2. The maximum atomic E-state index is 12.6. The molecule has 8 heteroatoms. The van der Waals surface area contributed by atoms with Gasteiger partial charge in [0, 0.05) is 17.3 Å². The molecule has 0 radical (unpaired) electrons. The first kappa shape index (κ1) is 22.2. The Kier molecular flexibility index (Phi) is 7.06. The third-order valence-electron chi connectivity index (χ3n) is 4.65. The average Bonchev–Trinajstić information content (AvgIpc) is 3.27. The molecule has 0 aliphatic rings. The molecule has 0 spiro atoms. The summed E-state index contributed by atoms with van der Waals surface area (Å²) in [6.45, 7) is 1.93. The van der Waals surface area contributed by atoms with E-state index < -0.39 is 5.97 Å². The molecule has 33 heavy (non-hydrogen) atoms. The number of aryl methyl sites for hydroxylation is 1. The molecule has 4 aromatic rings. The van der Waals surface area contributed by atoms with Crippen molar-refractivity contribution in [3.8, 4) is 11.5 Å². The Labute approximate surface area is 195 Å². The third kappa shape index (κ3) is 6.02. The van der Waals surface area contributed by atoms with Crippen LogP contribution < -0.4 is 10.1 Å². The van der Waals surface area contributed by atoms with E-state index >= 15 is 0 Å². The lowest BCUT2D eigenvalue weighted by Crippen LogP contribution is -2.15. The number of amides is 1. The van der Waals surface area contributed by atoms with E-state index in [0.717, 1.165) is 11.3 Å². The summed E-state index contributed by atoms with van der Waals surface area (Å²) in [5.41, 5.74) is 2.65. The molecule has 0 saturated carbocycles. The molecule has 1 amide bonds. The van der Waals surface area contributed by atoms with E-state index in [2.05, 4.69) is 15.3 Å². The highest BCUT2D eigenvalue weighted by atomic mass is 32.1. The molecule has 4 rings (SSSR count). The Balaban J connectivity index is 1.34. The van der Waals surface area contributed by atoms with Crippen molar-refractivity contribution in [3.63, 3.8) is 0 Å². The molecule has 0 unspecified atom stereocenters. The first-order valence-electron chi connectivity index (χ1n) is 10.2. The lowest BCUT2D eigenvalue weighted by Gasteiger charge is -2.10. The summed E-state index contributed by atoms with van der Waals surface area (Å²) in [5.74, 6) is 0.221. The summed E-state index contributed by atoms with van der Waals surface area (Å²) in [5, 5.41) is 5.32. The summed E-state index contributed by atoms with van der Waals surface area (Å²) in [6, 6.07) is 17.9. The van der Waals surface area contributed by atoms with E-state index in [1.807, 2.05) is 31.2 Å². The quantitative estimate of drug-likeness (QED) is 0.365. The molecule has 2 aromatic carbocycles. The van der Waals surface area contributed by atoms with Crippen LogP contribution in [-0.2, 0) is 22.6 Å². The average molecular weight is 460 g/mol. The van der Waals surface area contributed by atoms with Crippen LogP contribution in [0.2, 0.25) is 0 Å². The fourth-order valence-electron chi connectivity index (χ4n) is 3.02. The number of rotatable bonds is 8. The van der Waals surface area contributed by atoms with Crippen LogP contribution >= 0.6 is 11.3 Å². The van der Waals surface area contributed by atoms with Crippen molar-refractivity contribution in [1.82, 2.24) is 9.97 Å². The van der Waals surface area contributed by atoms with Gasteiger partial charge in [-0.05, 0) is 42.8 Å². The minimum absolute atomic E-state index is 0.00400. The summed E-state index contributed by atoms with van der Waals surface area (Å²) in [6.07, 6.45) is 3.35. The number of hydrogen-bond acceptors (Lipinski definition) is 7. The zero-order valence-electron chi connectivity index (χ0n) is 17.9. The zero-order chi connectivity index (χ0) is 23.0. The lowest BCUT2D eigenvalue weighted by molar-refractivity contribution is -0.115. The fourth-order valence-corrected chi connectivity index (χ4v) is 3.79. The van der Waals surface area contributed by atoms with E-state index in [1.54, 1.807) is 54.2 Å². The molecule has 0 aliphatic heterocycles. The summed E-state index contributed by atoms with van der Waals surface area (Å²) < 4.78 is 11.2. The monoisotopic (exact) mass is 459 g/mol. The van der Waals surface area contributed by atoms with Crippen LogP contribution in [0, 0.1) is 6.92 Å².